The minimum absolute atomic E-state index is 0.0579. The third-order valence-corrected chi connectivity index (χ3v) is 5.70. The van der Waals surface area contributed by atoms with Crippen molar-refractivity contribution in [3.8, 4) is 11.5 Å². The molecule has 0 radical (unpaired) electrons. The summed E-state index contributed by atoms with van der Waals surface area (Å²) in [6, 6.07) is 1.68. The lowest BCUT2D eigenvalue weighted by atomic mass is 9.73. The summed E-state index contributed by atoms with van der Waals surface area (Å²) in [6.07, 6.45) is 5.21. The summed E-state index contributed by atoms with van der Waals surface area (Å²) in [7, 11) is 0. The average Bonchev–Trinajstić information content (AvgIpc) is 2.59. The van der Waals surface area contributed by atoms with Gasteiger partial charge in [-0.1, -0.05) is 81.1 Å². The molecule has 0 saturated heterocycles. The second kappa shape index (κ2) is 10.7. The molecule has 172 valence electrons. The predicted octanol–water partition coefficient (Wildman–Crippen LogP) is 6.94. The van der Waals surface area contributed by atoms with Crippen molar-refractivity contribution in [2.45, 2.75) is 118 Å². The van der Waals surface area contributed by atoms with Crippen LogP contribution >= 0.6 is 0 Å². The number of hydrogen-bond donors (Lipinski definition) is 2. The molecule has 1 rings (SSSR count). The Morgan fingerprint density at radius 3 is 1.87 bits per heavy atom. The maximum Gasteiger partial charge on any atom is 0.308 e. The number of rotatable bonds is 9. The smallest absolute Gasteiger partial charge is 0.308 e. The van der Waals surface area contributed by atoms with Crippen LogP contribution in [-0.2, 0) is 15.6 Å². The lowest BCUT2D eigenvalue weighted by molar-refractivity contribution is -0.132. The average molecular weight is 421 g/mol. The molecule has 1 aromatic rings. The number of aromatic hydroxyl groups is 1. The zero-order valence-corrected chi connectivity index (χ0v) is 20.7. The number of phenolic OH excluding ortho intramolecular Hbond substituents is 1. The molecule has 0 bridgehead atoms. The summed E-state index contributed by atoms with van der Waals surface area (Å²) in [4.78, 5) is 12.0. The number of hydrogen-bond acceptors (Lipinski definition) is 4. The largest absolute Gasteiger partial charge is 0.508 e. The number of carbonyl (C=O) groups excluding carboxylic acids is 1. The van der Waals surface area contributed by atoms with Gasteiger partial charge in [-0.15, -0.1) is 0 Å². The first kappa shape index (κ1) is 26.5. The van der Waals surface area contributed by atoms with Crippen LogP contribution in [0.3, 0.4) is 0 Å². The first-order chi connectivity index (χ1) is 13.8. The Labute approximate surface area is 184 Å². The van der Waals surface area contributed by atoms with Crippen LogP contribution in [0.5, 0.6) is 11.5 Å². The van der Waals surface area contributed by atoms with Gasteiger partial charge in [-0.2, -0.15) is 0 Å². The van der Waals surface area contributed by atoms with E-state index in [9.17, 15) is 15.0 Å². The maximum absolute atomic E-state index is 12.0. The fourth-order valence-electron chi connectivity index (χ4n) is 4.14. The highest BCUT2D eigenvalue weighted by Gasteiger charge is 2.36. The van der Waals surface area contributed by atoms with E-state index in [4.69, 9.17) is 4.74 Å². The Morgan fingerprint density at radius 2 is 1.50 bits per heavy atom. The number of esters is 1. The van der Waals surface area contributed by atoms with E-state index in [1.807, 2.05) is 41.5 Å². The Kier molecular flexibility index (Phi) is 9.41. The van der Waals surface area contributed by atoms with E-state index in [1.54, 1.807) is 6.07 Å². The minimum Gasteiger partial charge on any atom is -0.508 e. The Balaban J connectivity index is 3.80. The predicted molar refractivity (Wildman–Crippen MR) is 124 cm³/mol. The molecule has 4 heteroatoms. The molecule has 0 aliphatic carbocycles. The molecule has 4 nitrogen and oxygen atoms in total. The van der Waals surface area contributed by atoms with Gasteiger partial charge in [-0.25, -0.2) is 0 Å². The normalized spacial score (nSPS) is 13.6. The van der Waals surface area contributed by atoms with E-state index in [1.165, 1.54) is 6.92 Å². The van der Waals surface area contributed by atoms with E-state index >= 15 is 0 Å². The number of aliphatic hydroxyl groups is 1. The standard InChI is InChI=1S/C26H44O4/c1-10-12-14-18(15-13-11-2)23(29)21-20(28)16-19(25(4,5)6)24(30-17(3)27)22(21)26(7,8)9/h16,18,23,28-29H,10-15H2,1-9H3. The second-order valence-corrected chi connectivity index (χ2v) is 10.6. The zero-order chi connectivity index (χ0) is 23.3. The SMILES string of the molecule is CCCCC(CCCC)C(O)c1c(O)cc(C(C)(C)C)c(OC(C)=O)c1C(C)(C)C. The van der Waals surface area contributed by atoms with E-state index in [-0.39, 0.29) is 17.1 Å². The van der Waals surface area contributed by atoms with E-state index in [0.717, 1.165) is 49.7 Å². The van der Waals surface area contributed by atoms with Crippen LogP contribution < -0.4 is 4.74 Å². The van der Waals surface area contributed by atoms with E-state index < -0.39 is 17.5 Å². The van der Waals surface area contributed by atoms with Gasteiger partial charge < -0.3 is 14.9 Å². The first-order valence-corrected chi connectivity index (χ1v) is 11.5. The van der Waals surface area contributed by atoms with Gasteiger partial charge in [0, 0.05) is 23.6 Å². The van der Waals surface area contributed by atoms with Crippen LogP contribution in [0, 0.1) is 5.92 Å². The Hall–Kier alpha value is -1.55. The zero-order valence-electron chi connectivity index (χ0n) is 20.7. The van der Waals surface area contributed by atoms with E-state index in [2.05, 4.69) is 13.8 Å². The molecular weight excluding hydrogens is 376 g/mol. The summed E-state index contributed by atoms with van der Waals surface area (Å²) in [5.74, 6) is 0.235. The van der Waals surface area contributed by atoms with Gasteiger partial charge in [0.05, 0.1) is 6.10 Å². The van der Waals surface area contributed by atoms with Gasteiger partial charge in [0.2, 0.25) is 0 Å². The molecule has 1 atom stereocenters. The Morgan fingerprint density at radius 1 is 1.00 bits per heavy atom. The summed E-state index contributed by atoms with van der Waals surface area (Å²) >= 11 is 0. The lowest BCUT2D eigenvalue weighted by Gasteiger charge is -2.34. The molecule has 0 saturated carbocycles. The third-order valence-electron chi connectivity index (χ3n) is 5.70. The molecule has 0 heterocycles. The number of benzene rings is 1. The number of aliphatic hydroxyl groups excluding tert-OH is 1. The third kappa shape index (κ3) is 6.73. The van der Waals surface area contributed by atoms with Crippen LogP contribution in [0.2, 0.25) is 0 Å². The van der Waals surface area contributed by atoms with Gasteiger partial charge >= 0.3 is 5.97 Å². The van der Waals surface area contributed by atoms with Crippen molar-refractivity contribution in [2.24, 2.45) is 5.92 Å². The van der Waals surface area contributed by atoms with Crippen molar-refractivity contribution in [2.75, 3.05) is 0 Å². The quantitative estimate of drug-likeness (QED) is 0.335. The monoisotopic (exact) mass is 420 g/mol. The molecule has 0 amide bonds. The fraction of sp³-hybridized carbons (Fsp3) is 0.731. The lowest BCUT2D eigenvalue weighted by Crippen LogP contribution is -2.25. The molecule has 0 aromatic heterocycles. The van der Waals surface area contributed by atoms with Gasteiger partial charge in [0.25, 0.3) is 0 Å². The fourth-order valence-corrected chi connectivity index (χ4v) is 4.14. The highest BCUT2D eigenvalue weighted by Crippen LogP contribution is 2.49. The van der Waals surface area contributed by atoms with Crippen molar-refractivity contribution in [3.63, 3.8) is 0 Å². The molecule has 0 spiro atoms. The minimum atomic E-state index is -0.805. The molecule has 0 aliphatic rings. The molecular formula is C26H44O4. The summed E-state index contributed by atoms with van der Waals surface area (Å²) < 4.78 is 5.76. The van der Waals surface area contributed by atoms with Crippen molar-refractivity contribution in [1.82, 2.24) is 0 Å². The van der Waals surface area contributed by atoms with E-state index in [0.29, 0.717) is 11.3 Å². The second-order valence-electron chi connectivity index (χ2n) is 10.6. The summed E-state index contributed by atoms with van der Waals surface area (Å²) in [6.45, 7) is 17.9. The first-order valence-electron chi connectivity index (χ1n) is 11.5. The van der Waals surface area contributed by atoms with Crippen molar-refractivity contribution in [1.29, 1.82) is 0 Å². The van der Waals surface area contributed by atoms with Crippen molar-refractivity contribution >= 4 is 5.97 Å². The molecule has 1 aromatic carbocycles. The summed E-state index contributed by atoms with van der Waals surface area (Å²) in [5, 5.41) is 22.6. The highest BCUT2D eigenvalue weighted by molar-refractivity contribution is 5.72. The van der Waals surface area contributed by atoms with Gasteiger partial charge in [0.1, 0.15) is 11.5 Å². The summed E-state index contributed by atoms with van der Waals surface area (Å²) in [5.41, 5.74) is 1.25. The van der Waals surface area contributed by atoms with Crippen LogP contribution in [0.4, 0.5) is 0 Å². The maximum atomic E-state index is 12.0. The number of phenols is 1. The van der Waals surface area contributed by atoms with Crippen LogP contribution in [-0.4, -0.2) is 16.2 Å². The number of unbranched alkanes of at least 4 members (excludes halogenated alkanes) is 2. The molecule has 1 unspecified atom stereocenters. The van der Waals surface area contributed by atoms with Gasteiger partial charge in [-0.3, -0.25) is 4.79 Å². The topological polar surface area (TPSA) is 66.8 Å². The molecule has 0 fully saturated rings. The van der Waals surface area contributed by atoms with Gasteiger partial charge in [-0.05, 0) is 35.7 Å². The molecule has 2 N–H and O–H groups in total. The van der Waals surface area contributed by atoms with Crippen molar-refractivity contribution in [3.05, 3.63) is 22.8 Å². The van der Waals surface area contributed by atoms with Crippen LogP contribution in [0.1, 0.15) is 124 Å². The molecule has 30 heavy (non-hydrogen) atoms. The van der Waals surface area contributed by atoms with Gasteiger partial charge in [0.15, 0.2) is 0 Å². The van der Waals surface area contributed by atoms with Crippen molar-refractivity contribution < 1.29 is 19.7 Å². The Bertz CT molecular complexity index is 699. The molecule has 0 aliphatic heterocycles. The highest BCUT2D eigenvalue weighted by atomic mass is 16.5. The number of ether oxygens (including phenoxy) is 1. The number of carbonyl (C=O) groups is 1. The van der Waals surface area contributed by atoms with Crippen LogP contribution in [0.15, 0.2) is 6.07 Å². The van der Waals surface area contributed by atoms with Crippen LogP contribution in [0.25, 0.3) is 0 Å².